The molecule has 0 bridgehead atoms. The van der Waals surface area contributed by atoms with E-state index in [2.05, 4.69) is 17.1 Å². The van der Waals surface area contributed by atoms with E-state index in [1.54, 1.807) is 36.5 Å². The minimum Gasteiger partial charge on any atom is -0.469 e. The normalized spacial score (nSPS) is 15.2. The summed E-state index contributed by atoms with van der Waals surface area (Å²) in [6, 6.07) is 16.0. The number of thioether (sulfide) groups is 1. The molecule has 3 aromatic rings. The Morgan fingerprint density at radius 1 is 1.12 bits per heavy atom. The number of aryl methyl sites for hydroxylation is 1. The zero-order valence-corrected chi connectivity index (χ0v) is 20.5. The highest BCUT2D eigenvalue weighted by Crippen LogP contribution is 2.28. The number of aromatic nitrogens is 1. The fourth-order valence-corrected chi connectivity index (χ4v) is 5.41. The average Bonchev–Trinajstić information content (AvgIpc) is 3.32. The Balaban J connectivity index is 1.41. The number of hydrogen-bond acceptors (Lipinski definition) is 5. The van der Waals surface area contributed by atoms with Crippen LogP contribution < -0.4 is 0 Å². The number of carbonyl (C=O) groups excluding carboxylic acids is 2. The SMILES string of the molecule is Cc1occc1C(=O)N(C)C(Cc1ccccc1)C1CCN(C(=O)CSc2ccncc2)CC1. The van der Waals surface area contributed by atoms with Gasteiger partial charge in [0.05, 0.1) is 17.6 Å². The van der Waals surface area contributed by atoms with Gasteiger partial charge in [-0.15, -0.1) is 11.8 Å². The number of hydrogen-bond donors (Lipinski definition) is 0. The highest BCUT2D eigenvalue weighted by Gasteiger charge is 2.33. The van der Waals surface area contributed by atoms with Crippen LogP contribution in [0.4, 0.5) is 0 Å². The molecule has 2 aromatic heterocycles. The highest BCUT2D eigenvalue weighted by molar-refractivity contribution is 8.00. The quantitative estimate of drug-likeness (QED) is 0.440. The van der Waals surface area contributed by atoms with Gasteiger partial charge in [-0.2, -0.15) is 0 Å². The number of furan rings is 1. The Hall–Kier alpha value is -3.06. The number of rotatable bonds is 8. The maximum Gasteiger partial charge on any atom is 0.257 e. The van der Waals surface area contributed by atoms with Crippen molar-refractivity contribution in [1.82, 2.24) is 14.8 Å². The molecular weight excluding hydrogens is 446 g/mol. The number of benzene rings is 1. The molecule has 1 saturated heterocycles. The van der Waals surface area contributed by atoms with Gasteiger partial charge in [0.2, 0.25) is 5.91 Å². The van der Waals surface area contributed by atoms with E-state index in [9.17, 15) is 9.59 Å². The second-order valence-corrected chi connectivity index (χ2v) is 9.80. The molecule has 0 radical (unpaired) electrons. The molecule has 1 unspecified atom stereocenters. The third kappa shape index (κ3) is 5.89. The number of likely N-dealkylation sites (tertiary alicyclic amines) is 1. The molecule has 4 rings (SSSR count). The lowest BCUT2D eigenvalue weighted by atomic mass is 9.84. The zero-order chi connectivity index (χ0) is 23.9. The van der Waals surface area contributed by atoms with E-state index in [0.717, 1.165) is 37.2 Å². The molecule has 0 N–H and O–H groups in total. The number of likely N-dealkylation sites (N-methyl/N-ethyl adjacent to an activating group) is 1. The first kappa shape index (κ1) is 24.1. The predicted octanol–water partition coefficient (Wildman–Crippen LogP) is 4.70. The molecule has 3 heterocycles. The number of pyridine rings is 1. The van der Waals surface area contributed by atoms with Crippen molar-refractivity contribution >= 4 is 23.6 Å². The molecule has 1 aliphatic rings. The summed E-state index contributed by atoms with van der Waals surface area (Å²) in [6.07, 6.45) is 7.60. The summed E-state index contributed by atoms with van der Waals surface area (Å²) in [5.74, 6) is 1.54. The second kappa shape index (κ2) is 11.4. The Kier molecular flexibility index (Phi) is 8.06. The van der Waals surface area contributed by atoms with E-state index in [4.69, 9.17) is 4.42 Å². The fourth-order valence-electron chi connectivity index (χ4n) is 4.63. The molecule has 178 valence electrons. The van der Waals surface area contributed by atoms with Crippen molar-refractivity contribution in [2.75, 3.05) is 25.9 Å². The van der Waals surface area contributed by atoms with Gasteiger partial charge in [0, 0.05) is 43.5 Å². The summed E-state index contributed by atoms with van der Waals surface area (Å²) in [7, 11) is 1.89. The third-order valence-electron chi connectivity index (χ3n) is 6.64. The van der Waals surface area contributed by atoms with Crippen LogP contribution in [0.2, 0.25) is 0 Å². The molecule has 0 spiro atoms. The monoisotopic (exact) mass is 477 g/mol. The summed E-state index contributed by atoms with van der Waals surface area (Å²) in [5.41, 5.74) is 1.82. The van der Waals surface area contributed by atoms with Crippen molar-refractivity contribution in [3.05, 3.63) is 84.1 Å². The van der Waals surface area contributed by atoms with E-state index in [-0.39, 0.29) is 17.9 Å². The molecule has 6 nitrogen and oxygen atoms in total. The van der Waals surface area contributed by atoms with E-state index >= 15 is 0 Å². The first-order chi connectivity index (χ1) is 16.5. The van der Waals surface area contributed by atoms with Gasteiger partial charge < -0.3 is 14.2 Å². The fraction of sp³-hybridized carbons (Fsp3) is 0.370. The molecular formula is C27H31N3O3S. The summed E-state index contributed by atoms with van der Waals surface area (Å²) >= 11 is 1.55. The lowest BCUT2D eigenvalue weighted by Crippen LogP contribution is -2.48. The summed E-state index contributed by atoms with van der Waals surface area (Å²) in [6.45, 7) is 3.26. The van der Waals surface area contributed by atoms with Crippen molar-refractivity contribution in [2.45, 2.75) is 37.1 Å². The summed E-state index contributed by atoms with van der Waals surface area (Å²) < 4.78 is 5.38. The van der Waals surface area contributed by atoms with Crippen molar-refractivity contribution in [1.29, 1.82) is 0 Å². The highest BCUT2D eigenvalue weighted by atomic mass is 32.2. The van der Waals surface area contributed by atoms with Crippen LogP contribution in [-0.2, 0) is 11.2 Å². The lowest BCUT2D eigenvalue weighted by Gasteiger charge is -2.40. The van der Waals surface area contributed by atoms with Crippen LogP contribution in [0.15, 0.2) is 76.5 Å². The van der Waals surface area contributed by atoms with E-state index in [1.165, 1.54) is 5.56 Å². The van der Waals surface area contributed by atoms with Gasteiger partial charge in [-0.1, -0.05) is 30.3 Å². The van der Waals surface area contributed by atoms with Crippen molar-refractivity contribution in [3.8, 4) is 0 Å². The topological polar surface area (TPSA) is 66.7 Å². The van der Waals surface area contributed by atoms with Crippen LogP contribution in [0, 0.1) is 12.8 Å². The molecule has 7 heteroatoms. The second-order valence-electron chi connectivity index (χ2n) is 8.75. The average molecular weight is 478 g/mol. The lowest BCUT2D eigenvalue weighted by molar-refractivity contribution is -0.130. The molecule has 1 aliphatic heterocycles. The Bertz CT molecular complexity index is 1080. The Morgan fingerprint density at radius 2 is 1.82 bits per heavy atom. The Morgan fingerprint density at radius 3 is 2.47 bits per heavy atom. The van der Waals surface area contributed by atoms with Crippen LogP contribution in [-0.4, -0.2) is 58.5 Å². The van der Waals surface area contributed by atoms with Gasteiger partial charge in [0.1, 0.15) is 5.76 Å². The zero-order valence-electron chi connectivity index (χ0n) is 19.7. The van der Waals surface area contributed by atoms with Gasteiger partial charge in [-0.3, -0.25) is 14.6 Å². The maximum atomic E-state index is 13.3. The van der Waals surface area contributed by atoms with Crippen LogP contribution in [0.1, 0.15) is 34.5 Å². The molecule has 1 fully saturated rings. The number of amides is 2. The van der Waals surface area contributed by atoms with Crippen molar-refractivity contribution in [3.63, 3.8) is 0 Å². The minimum absolute atomic E-state index is 0.0144. The standard InChI is InChI=1S/C27H31N3O3S/c1-20-24(12-17-33-20)27(32)29(2)25(18-21-6-4-3-5-7-21)22-10-15-30(16-11-22)26(31)19-34-23-8-13-28-14-9-23/h3-9,12-14,17,22,25H,10-11,15-16,18-19H2,1-2H3. The number of nitrogens with zero attached hydrogens (tertiary/aromatic N) is 3. The van der Waals surface area contributed by atoms with Gasteiger partial charge >= 0.3 is 0 Å². The molecule has 34 heavy (non-hydrogen) atoms. The maximum absolute atomic E-state index is 13.3. The van der Waals surface area contributed by atoms with E-state index in [1.807, 2.05) is 54.1 Å². The number of piperidine rings is 1. The van der Waals surface area contributed by atoms with Crippen molar-refractivity contribution in [2.24, 2.45) is 5.92 Å². The van der Waals surface area contributed by atoms with Crippen LogP contribution in [0.25, 0.3) is 0 Å². The van der Waals surface area contributed by atoms with Crippen LogP contribution in [0.5, 0.6) is 0 Å². The van der Waals surface area contributed by atoms with Crippen LogP contribution in [0.3, 0.4) is 0 Å². The molecule has 0 aliphatic carbocycles. The molecule has 1 atom stereocenters. The first-order valence-corrected chi connectivity index (χ1v) is 12.7. The van der Waals surface area contributed by atoms with Gasteiger partial charge in [-0.25, -0.2) is 0 Å². The third-order valence-corrected chi connectivity index (χ3v) is 7.64. The van der Waals surface area contributed by atoms with E-state index < -0.39 is 0 Å². The minimum atomic E-state index is -0.0144. The van der Waals surface area contributed by atoms with E-state index in [0.29, 0.717) is 23.0 Å². The van der Waals surface area contributed by atoms with Gasteiger partial charge in [0.25, 0.3) is 5.91 Å². The summed E-state index contributed by atoms with van der Waals surface area (Å²) in [4.78, 5) is 35.0. The number of carbonyl (C=O) groups is 2. The smallest absolute Gasteiger partial charge is 0.257 e. The van der Waals surface area contributed by atoms with Gasteiger partial charge in [-0.05, 0) is 55.9 Å². The van der Waals surface area contributed by atoms with Gasteiger partial charge in [0.15, 0.2) is 0 Å². The first-order valence-electron chi connectivity index (χ1n) is 11.7. The van der Waals surface area contributed by atoms with Crippen molar-refractivity contribution < 1.29 is 14.0 Å². The Labute approximate surface area is 205 Å². The molecule has 1 aromatic carbocycles. The summed E-state index contributed by atoms with van der Waals surface area (Å²) in [5, 5.41) is 0. The predicted molar refractivity (Wildman–Crippen MR) is 134 cm³/mol. The molecule has 2 amide bonds. The van der Waals surface area contributed by atoms with Crippen LogP contribution >= 0.6 is 11.8 Å². The largest absolute Gasteiger partial charge is 0.469 e. The molecule has 0 saturated carbocycles.